The van der Waals surface area contributed by atoms with Gasteiger partial charge in [-0.05, 0) is 0 Å². The van der Waals surface area contributed by atoms with Gasteiger partial charge in [-0.2, -0.15) is 12.8 Å². The number of carbonyl (C=O) groups excluding carboxylic acids is 2. The molecule has 30 heavy (non-hydrogen) atoms. The third-order valence-corrected chi connectivity index (χ3v) is 2.01. The van der Waals surface area contributed by atoms with E-state index >= 15 is 0 Å². The largest absolute Gasteiger partial charge is 6.00 e. The molecule has 0 saturated heterocycles. The molecule has 0 bridgehead atoms. The van der Waals surface area contributed by atoms with Crippen LogP contribution in [0.25, 0.3) is 0 Å². The molecule has 0 aliphatic rings. The number of hydrogen-bond donors (Lipinski definition) is 0. The standard InChI is InChI=1S/C8H12O2.2C5H.4CO.2Fe/c9-7-5-3-1-2-4-6-8-10;2*1-2-4-5-3-1;4*1-2;;/h1-6H2;2*1H;;;;;;/q-2;2*-5;;;;;2*+6. The van der Waals surface area contributed by atoms with Gasteiger partial charge in [0.25, 0.3) is 0 Å². The van der Waals surface area contributed by atoms with Gasteiger partial charge < -0.3 is 70.3 Å². The van der Waals surface area contributed by atoms with Crippen molar-refractivity contribution < 1.29 is 62.3 Å². The minimum atomic E-state index is 0. The molecule has 2 rings (SSSR count). The predicted molar refractivity (Wildman–Crippen MR) is 89.6 cm³/mol. The van der Waals surface area contributed by atoms with E-state index < -0.39 is 0 Å². The van der Waals surface area contributed by atoms with Gasteiger partial charge in [0.1, 0.15) is 0 Å². The Morgan fingerprint density at radius 3 is 0.900 bits per heavy atom. The molecule has 0 amide bonds. The second-order valence-corrected chi connectivity index (χ2v) is 3.57. The Kier molecular flexibility index (Phi) is 110. The number of hydrogen-bond acceptors (Lipinski definition) is 2. The van der Waals surface area contributed by atoms with E-state index in [-0.39, 0.29) is 34.1 Å². The molecule has 0 aliphatic carbocycles. The first-order chi connectivity index (χ1) is 13.9. The van der Waals surface area contributed by atoms with Crippen LogP contribution in [0.1, 0.15) is 38.5 Å². The van der Waals surface area contributed by atoms with E-state index in [1.807, 2.05) is 12.6 Å². The molecule has 0 aromatic heterocycles. The Morgan fingerprint density at radius 2 is 0.767 bits per heavy atom. The Bertz CT molecular complexity index is 432. The third kappa shape index (κ3) is 72.2. The van der Waals surface area contributed by atoms with Gasteiger partial charge in [0.2, 0.25) is 0 Å². The third-order valence-electron chi connectivity index (χ3n) is 2.01. The average Bonchev–Trinajstić information content (AvgIpc) is 3.56. The van der Waals surface area contributed by atoms with Crippen LogP contribution >= 0.6 is 0 Å². The van der Waals surface area contributed by atoms with E-state index in [0.29, 0.717) is 12.8 Å². The maximum atomic E-state index is 9.71. The van der Waals surface area contributed by atoms with E-state index in [4.69, 9.17) is 18.6 Å². The maximum Gasteiger partial charge on any atom is 6.00 e. The summed E-state index contributed by atoms with van der Waals surface area (Å²) < 4.78 is 30.0. The van der Waals surface area contributed by atoms with Crippen LogP contribution in [0.3, 0.4) is 0 Å². The van der Waals surface area contributed by atoms with Gasteiger partial charge in [-0.1, -0.05) is 25.7 Å². The molecule has 0 atom stereocenters. The molecule has 6 nitrogen and oxygen atoms in total. The minimum absolute atomic E-state index is 0. The topological polar surface area (TPSA) is 114 Å². The van der Waals surface area contributed by atoms with Crippen LogP contribution in [0.15, 0.2) is 12.1 Å². The Morgan fingerprint density at radius 1 is 0.533 bits per heavy atom. The first-order valence-electron chi connectivity index (χ1n) is 7.09. The summed E-state index contributed by atoms with van der Waals surface area (Å²) in [6, 6.07) is 24.0. The van der Waals surface area contributed by atoms with Crippen LogP contribution in [0.5, 0.6) is 0 Å². The van der Waals surface area contributed by atoms with Crippen molar-refractivity contribution in [3.63, 3.8) is 0 Å². The van der Waals surface area contributed by atoms with Gasteiger partial charge in [-0.25, -0.2) is 0 Å². The van der Waals surface area contributed by atoms with Gasteiger partial charge in [-0.3, -0.25) is 12.6 Å². The molecule has 0 radical (unpaired) electrons. The molecular weight excluding hydrogens is 472 g/mol. The molecule has 0 spiro atoms. The summed E-state index contributed by atoms with van der Waals surface area (Å²) in [6.45, 7) is 18.0. The summed E-state index contributed by atoms with van der Waals surface area (Å²) in [7, 11) is 0. The fourth-order valence-corrected chi connectivity index (χ4v) is 1.11. The fourth-order valence-electron chi connectivity index (χ4n) is 1.11. The van der Waals surface area contributed by atoms with Crippen molar-refractivity contribution in [1.29, 1.82) is 0 Å². The molecule has 0 saturated carbocycles. The smallest absolute Gasteiger partial charge is 0.999 e. The Hall–Kier alpha value is -1.96. The first kappa shape index (κ1) is 46.3. The van der Waals surface area contributed by atoms with Crippen LogP contribution in [-0.2, 0) is 62.3 Å². The quantitative estimate of drug-likeness (QED) is 0.259. The van der Waals surface area contributed by atoms with E-state index in [2.05, 4.69) is 75.1 Å². The zero-order chi connectivity index (χ0) is 22.7. The Balaban J connectivity index is -0.0000000457. The molecule has 0 fully saturated rings. The van der Waals surface area contributed by atoms with E-state index in [0.717, 1.165) is 25.7 Å². The first-order valence-corrected chi connectivity index (χ1v) is 7.09. The van der Waals surface area contributed by atoms with Crippen LogP contribution < -0.4 is 0 Å². The number of rotatable bonds is 7. The zero-order valence-electron chi connectivity index (χ0n) is 15.6. The second kappa shape index (κ2) is 71.3. The number of unbranched alkanes of at least 4 members (excludes halogenated alkanes) is 5. The van der Waals surface area contributed by atoms with Crippen molar-refractivity contribution in [1.82, 2.24) is 0 Å². The SMILES string of the molecule is O=[C-]CCCCCC[C-]=O.[C-]#[O+].[C-]#[O+].[C-]#[O+].[C-]#[O+].[Fe+6].[Fe+6].[c-]1[c-][c-][cH-][c-]1.[c-]1[c-][c-][cH-][c-]1. The maximum absolute atomic E-state index is 9.71. The normalized spacial score (nSPS) is 6.00. The summed E-state index contributed by atoms with van der Waals surface area (Å²) >= 11 is 0. The molecule has 0 N–H and O–H groups in total. The molecule has 8 heteroatoms. The minimum Gasteiger partial charge on any atom is -0.999 e. The summed E-state index contributed by atoms with van der Waals surface area (Å²) in [4.78, 5) is 19.4. The predicted octanol–water partition coefficient (Wildman–Crippen LogP) is 2.60. The molecule has 0 aliphatic heterocycles. The molecule has 0 heterocycles. The van der Waals surface area contributed by atoms with Crippen LogP contribution in [0.2, 0.25) is 0 Å². The van der Waals surface area contributed by atoms with Gasteiger partial charge in [0.15, 0.2) is 0 Å². The van der Waals surface area contributed by atoms with E-state index in [1.54, 1.807) is 12.1 Å². The van der Waals surface area contributed by atoms with Crippen molar-refractivity contribution in [3.05, 3.63) is 87.3 Å². The van der Waals surface area contributed by atoms with Gasteiger partial charge in [0.05, 0.1) is 0 Å². The van der Waals surface area contributed by atoms with E-state index in [1.165, 1.54) is 0 Å². The Labute approximate surface area is 200 Å². The van der Waals surface area contributed by atoms with Crippen molar-refractivity contribution in [3.8, 4) is 0 Å². The summed E-state index contributed by atoms with van der Waals surface area (Å²) in [6.07, 6.45) is 8.59. The molecule has 2 aromatic rings. The summed E-state index contributed by atoms with van der Waals surface area (Å²) in [5, 5.41) is 0. The average molecular weight is 486 g/mol. The van der Waals surface area contributed by atoms with E-state index in [9.17, 15) is 9.59 Å². The van der Waals surface area contributed by atoms with Crippen molar-refractivity contribution in [2.45, 2.75) is 38.5 Å². The zero-order valence-corrected chi connectivity index (χ0v) is 17.8. The van der Waals surface area contributed by atoms with Gasteiger partial charge in [-0.15, -0.1) is 0 Å². The van der Waals surface area contributed by atoms with Crippen molar-refractivity contribution in [2.75, 3.05) is 0 Å². The van der Waals surface area contributed by atoms with Crippen LogP contribution in [0, 0.1) is 75.1 Å². The monoisotopic (exact) mass is 486 g/mol. The van der Waals surface area contributed by atoms with Crippen molar-refractivity contribution in [2.24, 2.45) is 0 Å². The molecule has 154 valence electrons. The van der Waals surface area contributed by atoms with Gasteiger partial charge in [0, 0.05) is 0 Å². The van der Waals surface area contributed by atoms with Crippen LogP contribution in [0.4, 0.5) is 0 Å². The summed E-state index contributed by atoms with van der Waals surface area (Å²) in [5.74, 6) is 0. The molecule has 2 aromatic carbocycles. The second-order valence-electron chi connectivity index (χ2n) is 3.57. The van der Waals surface area contributed by atoms with Crippen LogP contribution in [-0.4, -0.2) is 12.6 Å². The van der Waals surface area contributed by atoms with Crippen molar-refractivity contribution >= 4 is 12.6 Å². The summed E-state index contributed by atoms with van der Waals surface area (Å²) in [5.41, 5.74) is 0. The fraction of sp³-hybridized carbons (Fsp3) is 0.273. The molecular formula is C22H14Fe2O6. The van der Waals surface area contributed by atoms with Gasteiger partial charge >= 0.3 is 79.3 Å². The molecule has 0 unspecified atom stereocenters.